The molecule has 0 aliphatic carbocycles. The van der Waals surface area contributed by atoms with Gasteiger partial charge in [-0.05, 0) is 37.3 Å². The van der Waals surface area contributed by atoms with E-state index in [2.05, 4.69) is 21.5 Å². The van der Waals surface area contributed by atoms with E-state index in [-0.39, 0.29) is 5.78 Å². The Morgan fingerprint density at radius 2 is 2.17 bits per heavy atom. The van der Waals surface area contributed by atoms with Crippen molar-refractivity contribution in [1.82, 2.24) is 14.8 Å². The minimum Gasteiger partial charge on any atom is -0.380 e. The highest BCUT2D eigenvalue weighted by Gasteiger charge is 2.10. The molecule has 0 bridgehead atoms. The van der Waals surface area contributed by atoms with Gasteiger partial charge in [-0.1, -0.05) is 6.07 Å². The number of pyridine rings is 1. The number of aromatic nitrogens is 3. The first-order valence-electron chi connectivity index (χ1n) is 7.42. The van der Waals surface area contributed by atoms with Crippen LogP contribution in [0.5, 0.6) is 0 Å². The van der Waals surface area contributed by atoms with Crippen molar-refractivity contribution in [2.45, 2.75) is 13.5 Å². The van der Waals surface area contributed by atoms with Crippen molar-refractivity contribution in [3.05, 3.63) is 71.7 Å². The molecule has 0 fully saturated rings. The zero-order chi connectivity index (χ0) is 16.9. The fraction of sp³-hybridized carbons (Fsp3) is 0.111. The lowest BCUT2D eigenvalue weighted by Crippen LogP contribution is -2.09. The van der Waals surface area contributed by atoms with Crippen molar-refractivity contribution in [3.8, 4) is 11.9 Å². The Morgan fingerprint density at radius 3 is 2.88 bits per heavy atom. The third kappa shape index (κ3) is 3.15. The fourth-order valence-electron chi connectivity index (χ4n) is 2.43. The van der Waals surface area contributed by atoms with E-state index in [0.717, 1.165) is 11.4 Å². The topological polar surface area (TPSA) is 83.6 Å². The Hall–Kier alpha value is -3.46. The van der Waals surface area contributed by atoms with Gasteiger partial charge in [0.1, 0.15) is 0 Å². The molecule has 2 heterocycles. The molecule has 0 aliphatic rings. The van der Waals surface area contributed by atoms with Crippen molar-refractivity contribution in [3.63, 3.8) is 0 Å². The highest BCUT2D eigenvalue weighted by Crippen LogP contribution is 2.20. The van der Waals surface area contributed by atoms with Gasteiger partial charge in [-0.15, -0.1) is 0 Å². The summed E-state index contributed by atoms with van der Waals surface area (Å²) in [6.07, 6.45) is 5.22. The van der Waals surface area contributed by atoms with E-state index in [0.29, 0.717) is 23.4 Å². The number of nitriles is 1. The maximum atomic E-state index is 11.8. The van der Waals surface area contributed by atoms with E-state index in [1.165, 1.54) is 6.92 Å². The molecule has 3 aromatic rings. The van der Waals surface area contributed by atoms with Gasteiger partial charge in [0, 0.05) is 41.9 Å². The summed E-state index contributed by atoms with van der Waals surface area (Å²) >= 11 is 0. The number of benzene rings is 1. The van der Waals surface area contributed by atoms with Gasteiger partial charge >= 0.3 is 0 Å². The van der Waals surface area contributed by atoms with Crippen LogP contribution in [0.25, 0.3) is 5.82 Å². The second kappa shape index (κ2) is 6.75. The maximum absolute atomic E-state index is 11.8. The molecule has 6 heteroatoms. The van der Waals surface area contributed by atoms with Gasteiger partial charge in [0.2, 0.25) is 0 Å². The van der Waals surface area contributed by atoms with Gasteiger partial charge < -0.3 is 5.32 Å². The molecule has 0 atom stereocenters. The minimum absolute atomic E-state index is 0.0551. The Morgan fingerprint density at radius 1 is 1.29 bits per heavy atom. The molecule has 2 aromatic heterocycles. The van der Waals surface area contributed by atoms with Crippen molar-refractivity contribution in [2.24, 2.45) is 0 Å². The lowest BCUT2D eigenvalue weighted by atomic mass is 10.1. The van der Waals surface area contributed by atoms with Crippen molar-refractivity contribution >= 4 is 11.5 Å². The maximum Gasteiger partial charge on any atom is 0.161 e. The van der Waals surface area contributed by atoms with Crippen molar-refractivity contribution < 1.29 is 4.79 Å². The molecule has 1 N–H and O–H groups in total. The van der Waals surface area contributed by atoms with Crippen LogP contribution in [0.1, 0.15) is 28.4 Å². The molecule has 3 rings (SSSR count). The zero-order valence-corrected chi connectivity index (χ0v) is 13.1. The van der Waals surface area contributed by atoms with Crippen LogP contribution in [0.4, 0.5) is 5.69 Å². The Balaban J connectivity index is 1.90. The zero-order valence-electron chi connectivity index (χ0n) is 13.1. The number of hydrogen-bond donors (Lipinski definition) is 1. The second-order valence-electron chi connectivity index (χ2n) is 5.22. The molecular weight excluding hydrogens is 302 g/mol. The van der Waals surface area contributed by atoms with Crippen LogP contribution in [0.2, 0.25) is 0 Å². The summed E-state index contributed by atoms with van der Waals surface area (Å²) in [6.45, 7) is 1.96. The number of ketones is 1. The van der Waals surface area contributed by atoms with Crippen LogP contribution in [0.3, 0.4) is 0 Å². The summed E-state index contributed by atoms with van der Waals surface area (Å²) in [5, 5.41) is 16.5. The van der Waals surface area contributed by atoms with Crippen LogP contribution < -0.4 is 5.32 Å². The van der Waals surface area contributed by atoms with Crippen LogP contribution in [0, 0.1) is 11.3 Å². The van der Waals surface area contributed by atoms with Gasteiger partial charge in [0.05, 0.1) is 11.6 Å². The van der Waals surface area contributed by atoms with Crippen molar-refractivity contribution in [2.75, 3.05) is 5.32 Å². The molecular formula is C18H15N5O. The monoisotopic (exact) mass is 317 g/mol. The molecule has 0 spiro atoms. The van der Waals surface area contributed by atoms with E-state index >= 15 is 0 Å². The molecule has 0 aliphatic heterocycles. The number of hydrogen-bond acceptors (Lipinski definition) is 5. The molecule has 118 valence electrons. The minimum atomic E-state index is -0.0551. The second-order valence-corrected chi connectivity index (χ2v) is 5.22. The SMILES string of the molecule is CC(=O)c1ccc(C#N)cc1NCc1cccnc1-n1cccn1. The fourth-order valence-corrected chi connectivity index (χ4v) is 2.43. The number of anilines is 1. The molecule has 24 heavy (non-hydrogen) atoms. The van der Waals surface area contributed by atoms with Gasteiger partial charge in [-0.25, -0.2) is 9.67 Å². The Labute approximate surface area is 139 Å². The first-order valence-corrected chi connectivity index (χ1v) is 7.42. The number of rotatable bonds is 5. The standard InChI is InChI=1S/C18H15N5O/c1-13(24)16-6-5-14(11-19)10-17(16)21-12-15-4-2-7-20-18(15)23-9-3-8-22-23/h2-10,21H,12H2,1H3. The van der Waals surface area contributed by atoms with E-state index in [9.17, 15) is 4.79 Å². The highest BCUT2D eigenvalue weighted by molar-refractivity contribution is 5.99. The van der Waals surface area contributed by atoms with E-state index < -0.39 is 0 Å². The van der Waals surface area contributed by atoms with Gasteiger partial charge in [0.15, 0.2) is 11.6 Å². The van der Waals surface area contributed by atoms with Crippen LogP contribution >= 0.6 is 0 Å². The average molecular weight is 317 g/mol. The molecule has 0 amide bonds. The van der Waals surface area contributed by atoms with E-state index in [1.54, 1.807) is 35.3 Å². The van der Waals surface area contributed by atoms with Crippen LogP contribution in [-0.4, -0.2) is 20.5 Å². The van der Waals surface area contributed by atoms with E-state index in [4.69, 9.17) is 5.26 Å². The van der Waals surface area contributed by atoms with Gasteiger partial charge in [0.25, 0.3) is 0 Å². The molecule has 0 unspecified atom stereocenters. The van der Waals surface area contributed by atoms with Crippen molar-refractivity contribution in [1.29, 1.82) is 5.26 Å². The summed E-state index contributed by atoms with van der Waals surface area (Å²) in [4.78, 5) is 16.1. The van der Waals surface area contributed by atoms with Gasteiger partial charge in [-0.2, -0.15) is 10.4 Å². The van der Waals surface area contributed by atoms with Gasteiger partial charge in [-0.3, -0.25) is 4.79 Å². The number of Topliss-reactive ketones (excluding diaryl/α,β-unsaturated/α-hetero) is 1. The number of nitrogens with one attached hydrogen (secondary N) is 1. The molecule has 0 saturated carbocycles. The molecule has 1 aromatic carbocycles. The summed E-state index contributed by atoms with van der Waals surface area (Å²) in [5.41, 5.74) is 2.62. The number of nitrogens with zero attached hydrogens (tertiary/aromatic N) is 4. The summed E-state index contributed by atoms with van der Waals surface area (Å²) < 4.78 is 1.69. The Bertz CT molecular complexity index is 909. The quantitative estimate of drug-likeness (QED) is 0.731. The largest absolute Gasteiger partial charge is 0.380 e. The summed E-state index contributed by atoms with van der Waals surface area (Å²) in [7, 11) is 0. The first kappa shape index (κ1) is 15.4. The third-order valence-corrected chi connectivity index (χ3v) is 3.59. The normalized spacial score (nSPS) is 10.2. The number of carbonyl (C=O) groups is 1. The molecule has 0 saturated heterocycles. The highest BCUT2D eigenvalue weighted by atomic mass is 16.1. The number of carbonyl (C=O) groups excluding carboxylic acids is 1. The third-order valence-electron chi connectivity index (χ3n) is 3.59. The molecule has 0 radical (unpaired) electrons. The predicted molar refractivity (Wildman–Crippen MR) is 89.8 cm³/mol. The lowest BCUT2D eigenvalue weighted by Gasteiger charge is -2.13. The smallest absolute Gasteiger partial charge is 0.161 e. The first-order chi connectivity index (χ1) is 11.7. The van der Waals surface area contributed by atoms with Crippen LogP contribution in [0.15, 0.2) is 55.0 Å². The summed E-state index contributed by atoms with van der Waals surface area (Å²) in [6, 6.07) is 12.7. The Kier molecular flexibility index (Phi) is 4.34. The summed E-state index contributed by atoms with van der Waals surface area (Å²) in [5.74, 6) is 0.663. The average Bonchev–Trinajstić information content (AvgIpc) is 3.14. The van der Waals surface area contributed by atoms with E-state index in [1.807, 2.05) is 24.4 Å². The van der Waals surface area contributed by atoms with Crippen LogP contribution in [-0.2, 0) is 6.54 Å². The predicted octanol–water partition coefficient (Wildman–Crippen LogP) is 2.95. The lowest BCUT2D eigenvalue weighted by molar-refractivity contribution is 0.101. The molecule has 6 nitrogen and oxygen atoms in total.